The molecule has 0 aliphatic heterocycles. The first-order chi connectivity index (χ1) is 7.04. The largest absolute Gasteiger partial charge is 0.392 e. The Morgan fingerprint density at radius 2 is 2.33 bits per heavy atom. The first-order valence-electron chi connectivity index (χ1n) is 4.26. The van der Waals surface area contributed by atoms with Crippen molar-refractivity contribution in [2.45, 2.75) is 6.92 Å². The van der Waals surface area contributed by atoms with E-state index in [0.717, 1.165) is 0 Å². The van der Waals surface area contributed by atoms with E-state index in [9.17, 15) is 10.1 Å². The molecule has 0 aromatic heterocycles. The highest BCUT2D eigenvalue weighted by molar-refractivity contribution is 6.30. The van der Waals surface area contributed by atoms with Crippen molar-refractivity contribution < 1.29 is 10.0 Å². The molecule has 0 amide bonds. The predicted octanol–water partition coefficient (Wildman–Crippen LogP) is 2.64. The second-order valence-electron chi connectivity index (χ2n) is 3.11. The van der Waals surface area contributed by atoms with Gasteiger partial charge < -0.3 is 5.11 Å². The van der Waals surface area contributed by atoms with Gasteiger partial charge in [-0.05, 0) is 30.7 Å². The molecule has 0 unspecified atom stereocenters. The summed E-state index contributed by atoms with van der Waals surface area (Å²) in [5.74, 6) is 0. The van der Waals surface area contributed by atoms with Crippen LogP contribution in [0, 0.1) is 10.1 Å². The standard InChI is InChI=1S/C10H10ClNO3/c1-7(6-13)4-8-5-9(11)2-3-10(8)12(14)15/h2-5,13H,6H2,1H3/b7-4-. The maximum atomic E-state index is 10.7. The quantitative estimate of drug-likeness (QED) is 0.638. The van der Waals surface area contributed by atoms with Crippen LogP contribution in [0.15, 0.2) is 23.8 Å². The number of benzene rings is 1. The summed E-state index contributed by atoms with van der Waals surface area (Å²) in [5, 5.41) is 19.9. The average Bonchev–Trinajstić information content (AvgIpc) is 2.17. The molecule has 1 N–H and O–H groups in total. The van der Waals surface area contributed by atoms with Gasteiger partial charge >= 0.3 is 0 Å². The third-order valence-electron chi connectivity index (χ3n) is 1.84. The molecule has 15 heavy (non-hydrogen) atoms. The molecule has 0 aliphatic rings. The minimum absolute atomic E-state index is 0.0211. The fraction of sp³-hybridized carbons (Fsp3) is 0.200. The Morgan fingerprint density at radius 1 is 1.67 bits per heavy atom. The van der Waals surface area contributed by atoms with Gasteiger partial charge in [0.2, 0.25) is 0 Å². The number of hydrogen-bond acceptors (Lipinski definition) is 3. The van der Waals surface area contributed by atoms with E-state index in [4.69, 9.17) is 16.7 Å². The van der Waals surface area contributed by atoms with Crippen LogP contribution in [0.2, 0.25) is 5.02 Å². The Morgan fingerprint density at radius 3 is 2.87 bits per heavy atom. The first-order valence-corrected chi connectivity index (χ1v) is 4.64. The first kappa shape index (κ1) is 11.7. The van der Waals surface area contributed by atoms with E-state index in [0.29, 0.717) is 16.2 Å². The van der Waals surface area contributed by atoms with Gasteiger partial charge in [-0.3, -0.25) is 10.1 Å². The van der Waals surface area contributed by atoms with E-state index in [2.05, 4.69) is 0 Å². The van der Waals surface area contributed by atoms with Gasteiger partial charge in [-0.25, -0.2) is 0 Å². The van der Waals surface area contributed by atoms with Crippen LogP contribution in [0.4, 0.5) is 5.69 Å². The Labute approximate surface area is 92.0 Å². The van der Waals surface area contributed by atoms with Crippen molar-refractivity contribution in [3.8, 4) is 0 Å². The molecule has 0 heterocycles. The smallest absolute Gasteiger partial charge is 0.276 e. The number of nitrogens with zero attached hydrogens (tertiary/aromatic N) is 1. The van der Waals surface area contributed by atoms with Crippen molar-refractivity contribution in [2.24, 2.45) is 0 Å². The normalized spacial score (nSPS) is 11.5. The lowest BCUT2D eigenvalue weighted by atomic mass is 10.1. The predicted molar refractivity (Wildman–Crippen MR) is 58.8 cm³/mol. The molecule has 0 radical (unpaired) electrons. The molecule has 0 bridgehead atoms. The van der Waals surface area contributed by atoms with E-state index >= 15 is 0 Å². The summed E-state index contributed by atoms with van der Waals surface area (Å²) >= 11 is 5.73. The maximum Gasteiger partial charge on any atom is 0.276 e. The number of nitro benzene ring substituents is 1. The van der Waals surface area contributed by atoms with Crippen LogP contribution in [0.3, 0.4) is 0 Å². The average molecular weight is 228 g/mol. The highest BCUT2D eigenvalue weighted by Gasteiger charge is 2.11. The summed E-state index contributed by atoms with van der Waals surface area (Å²) in [6, 6.07) is 4.31. The molecule has 0 saturated carbocycles. The van der Waals surface area contributed by atoms with Crippen molar-refractivity contribution in [1.82, 2.24) is 0 Å². The summed E-state index contributed by atoms with van der Waals surface area (Å²) in [7, 11) is 0. The van der Waals surface area contributed by atoms with Crippen LogP contribution in [0.1, 0.15) is 12.5 Å². The number of aliphatic hydroxyl groups excluding tert-OH is 1. The summed E-state index contributed by atoms with van der Waals surface area (Å²) in [5.41, 5.74) is 1.02. The van der Waals surface area contributed by atoms with Gasteiger partial charge in [-0.15, -0.1) is 0 Å². The summed E-state index contributed by atoms with van der Waals surface area (Å²) < 4.78 is 0. The minimum Gasteiger partial charge on any atom is -0.392 e. The fourth-order valence-corrected chi connectivity index (χ4v) is 1.30. The van der Waals surface area contributed by atoms with Crippen LogP contribution < -0.4 is 0 Å². The molecule has 1 aromatic carbocycles. The lowest BCUT2D eigenvalue weighted by molar-refractivity contribution is -0.385. The molecule has 80 valence electrons. The highest BCUT2D eigenvalue weighted by atomic mass is 35.5. The monoisotopic (exact) mass is 227 g/mol. The topological polar surface area (TPSA) is 63.4 Å². The molecule has 0 aliphatic carbocycles. The number of hydrogen-bond donors (Lipinski definition) is 1. The number of rotatable bonds is 3. The number of halogens is 1. The molecular formula is C10H10ClNO3. The molecule has 1 rings (SSSR count). The van der Waals surface area contributed by atoms with Gasteiger partial charge in [0.25, 0.3) is 5.69 Å². The third-order valence-corrected chi connectivity index (χ3v) is 2.07. The third kappa shape index (κ3) is 3.04. The Kier molecular flexibility index (Phi) is 3.82. The Hall–Kier alpha value is -1.39. The van der Waals surface area contributed by atoms with Gasteiger partial charge in [0.15, 0.2) is 0 Å². The molecule has 1 aromatic rings. The van der Waals surface area contributed by atoms with E-state index < -0.39 is 4.92 Å². The Bertz CT molecular complexity index is 415. The molecule has 0 fully saturated rings. The van der Waals surface area contributed by atoms with Crippen molar-refractivity contribution in [1.29, 1.82) is 0 Å². The van der Waals surface area contributed by atoms with Crippen molar-refractivity contribution in [3.05, 3.63) is 44.5 Å². The molecule has 0 saturated heterocycles. The van der Waals surface area contributed by atoms with Gasteiger partial charge in [0, 0.05) is 11.1 Å². The summed E-state index contributed by atoms with van der Waals surface area (Å²) in [6.07, 6.45) is 1.55. The lowest BCUT2D eigenvalue weighted by Crippen LogP contribution is -1.92. The van der Waals surface area contributed by atoms with Crippen LogP contribution in [-0.4, -0.2) is 16.6 Å². The number of aliphatic hydroxyl groups is 1. The zero-order valence-electron chi connectivity index (χ0n) is 8.11. The van der Waals surface area contributed by atoms with Crippen LogP contribution >= 0.6 is 11.6 Å². The zero-order valence-corrected chi connectivity index (χ0v) is 8.86. The molecule has 0 spiro atoms. The molecular weight excluding hydrogens is 218 g/mol. The van der Waals surface area contributed by atoms with Gasteiger partial charge in [0.1, 0.15) is 0 Å². The van der Waals surface area contributed by atoms with Gasteiger partial charge in [-0.2, -0.15) is 0 Å². The van der Waals surface area contributed by atoms with E-state index in [-0.39, 0.29) is 12.3 Å². The lowest BCUT2D eigenvalue weighted by Gasteiger charge is -2.00. The second kappa shape index (κ2) is 4.91. The zero-order chi connectivity index (χ0) is 11.4. The molecule has 4 nitrogen and oxygen atoms in total. The molecule has 5 heteroatoms. The van der Waals surface area contributed by atoms with E-state index in [1.165, 1.54) is 18.2 Å². The van der Waals surface area contributed by atoms with Crippen molar-refractivity contribution in [3.63, 3.8) is 0 Å². The van der Waals surface area contributed by atoms with Gasteiger partial charge in [-0.1, -0.05) is 11.6 Å². The number of nitro groups is 1. The Balaban J connectivity index is 3.25. The van der Waals surface area contributed by atoms with E-state index in [1.807, 2.05) is 0 Å². The van der Waals surface area contributed by atoms with Crippen LogP contribution in [0.5, 0.6) is 0 Å². The summed E-state index contributed by atoms with van der Waals surface area (Å²) in [6.45, 7) is 1.55. The minimum atomic E-state index is -0.479. The van der Waals surface area contributed by atoms with Crippen LogP contribution in [0.25, 0.3) is 6.08 Å². The maximum absolute atomic E-state index is 10.7. The molecule has 0 atom stereocenters. The van der Waals surface area contributed by atoms with Crippen molar-refractivity contribution >= 4 is 23.4 Å². The summed E-state index contributed by atoms with van der Waals surface area (Å²) in [4.78, 5) is 10.2. The SMILES string of the molecule is C/C(=C/c1cc(Cl)ccc1[N+](=O)[O-])CO. The van der Waals surface area contributed by atoms with Crippen LogP contribution in [-0.2, 0) is 0 Å². The second-order valence-corrected chi connectivity index (χ2v) is 3.55. The fourth-order valence-electron chi connectivity index (χ4n) is 1.12. The van der Waals surface area contributed by atoms with E-state index in [1.54, 1.807) is 13.0 Å². The van der Waals surface area contributed by atoms with Crippen molar-refractivity contribution in [2.75, 3.05) is 6.61 Å². The van der Waals surface area contributed by atoms with Gasteiger partial charge in [0.05, 0.1) is 17.1 Å². The highest BCUT2D eigenvalue weighted by Crippen LogP contribution is 2.24.